The molecule has 0 aromatic heterocycles. The maximum Gasteiger partial charge on any atom is 0.311 e. The lowest BCUT2D eigenvalue weighted by Crippen LogP contribution is -2.34. The lowest BCUT2D eigenvalue weighted by atomic mass is 10.1. The molecular weight excluding hydrogens is 375 g/mol. The predicted octanol–water partition coefficient (Wildman–Crippen LogP) is 4.34. The minimum absolute atomic E-state index is 0.275. The second-order valence-corrected chi connectivity index (χ2v) is 6.38. The van der Waals surface area contributed by atoms with E-state index < -0.39 is 23.0 Å². The van der Waals surface area contributed by atoms with E-state index in [1.165, 1.54) is 0 Å². The molecule has 0 saturated carbocycles. The van der Waals surface area contributed by atoms with E-state index in [-0.39, 0.29) is 11.7 Å². The van der Waals surface area contributed by atoms with Crippen LogP contribution in [0, 0.1) is 15.9 Å². The Balaban J connectivity index is 1.76. The average Bonchev–Trinajstić information content (AvgIpc) is 2.73. The van der Waals surface area contributed by atoms with Gasteiger partial charge in [0.2, 0.25) is 5.75 Å². The van der Waals surface area contributed by atoms with Gasteiger partial charge in [0.15, 0.2) is 6.61 Å². The van der Waals surface area contributed by atoms with Crippen LogP contribution >= 0.6 is 0 Å². The highest BCUT2D eigenvalue weighted by molar-refractivity contribution is 5.78. The van der Waals surface area contributed by atoms with Gasteiger partial charge in [-0.25, -0.2) is 4.39 Å². The molecule has 3 aromatic carbocycles. The third-order valence-corrected chi connectivity index (χ3v) is 4.25. The maximum absolute atomic E-state index is 13.5. The minimum atomic E-state index is -0.677. The Kier molecular flexibility index (Phi) is 6.52. The number of hydrogen-bond acceptors (Lipinski definition) is 4. The monoisotopic (exact) mass is 394 g/mol. The second kappa shape index (κ2) is 9.45. The summed E-state index contributed by atoms with van der Waals surface area (Å²) in [6.07, 6.45) is 0. The summed E-state index contributed by atoms with van der Waals surface area (Å²) in [5.74, 6) is -1.32. The van der Waals surface area contributed by atoms with Gasteiger partial charge >= 0.3 is 5.69 Å². The molecule has 0 N–H and O–H groups in total. The third-order valence-electron chi connectivity index (χ3n) is 4.25. The second-order valence-electron chi connectivity index (χ2n) is 6.38. The van der Waals surface area contributed by atoms with Crippen LogP contribution in [-0.4, -0.2) is 22.3 Å². The zero-order valence-electron chi connectivity index (χ0n) is 15.5. The summed E-state index contributed by atoms with van der Waals surface area (Å²) in [6.45, 7) is 0.260. The number of rotatable bonds is 8. The summed E-state index contributed by atoms with van der Waals surface area (Å²) < 4.78 is 18.8. The van der Waals surface area contributed by atoms with E-state index in [2.05, 4.69) is 0 Å². The molecule has 6 nitrogen and oxygen atoms in total. The van der Waals surface area contributed by atoms with Gasteiger partial charge in [0, 0.05) is 25.2 Å². The molecule has 0 aliphatic heterocycles. The van der Waals surface area contributed by atoms with Gasteiger partial charge in [0.1, 0.15) is 5.82 Å². The molecule has 3 aromatic rings. The number of carbonyl (C=O) groups excluding carboxylic acids is 1. The zero-order chi connectivity index (χ0) is 20.6. The fraction of sp³-hybridized carbons (Fsp3) is 0.136. The fourth-order valence-corrected chi connectivity index (χ4v) is 2.83. The van der Waals surface area contributed by atoms with E-state index in [0.717, 1.165) is 29.3 Å². The van der Waals surface area contributed by atoms with Gasteiger partial charge in [0.25, 0.3) is 5.91 Å². The number of amides is 1. The quantitative estimate of drug-likeness (QED) is 0.421. The van der Waals surface area contributed by atoms with Gasteiger partial charge in [-0.3, -0.25) is 14.9 Å². The first-order valence-electron chi connectivity index (χ1n) is 8.95. The molecule has 0 bridgehead atoms. The highest BCUT2D eigenvalue weighted by Gasteiger charge is 2.20. The Morgan fingerprint density at radius 1 is 0.931 bits per heavy atom. The number of nitro groups is 1. The van der Waals surface area contributed by atoms with Crippen molar-refractivity contribution in [3.05, 3.63) is 106 Å². The van der Waals surface area contributed by atoms with Crippen molar-refractivity contribution in [2.45, 2.75) is 13.1 Å². The van der Waals surface area contributed by atoms with Gasteiger partial charge in [0.05, 0.1) is 4.92 Å². The molecule has 0 heterocycles. The van der Waals surface area contributed by atoms with Crippen molar-refractivity contribution in [2.24, 2.45) is 0 Å². The largest absolute Gasteiger partial charge is 0.477 e. The minimum Gasteiger partial charge on any atom is -0.477 e. The van der Waals surface area contributed by atoms with Crippen molar-refractivity contribution in [1.82, 2.24) is 4.90 Å². The SMILES string of the molecule is O=C(COc1cc(F)ccc1[N+](=O)[O-])N(Cc1ccccc1)Cc1ccccc1. The van der Waals surface area contributed by atoms with Crippen molar-refractivity contribution < 1.29 is 18.8 Å². The Labute approximate surface area is 167 Å². The van der Waals surface area contributed by atoms with Crippen molar-refractivity contribution in [3.63, 3.8) is 0 Å². The van der Waals surface area contributed by atoms with Crippen molar-refractivity contribution >= 4 is 11.6 Å². The van der Waals surface area contributed by atoms with E-state index in [9.17, 15) is 19.3 Å². The number of nitro benzene ring substituents is 1. The average molecular weight is 394 g/mol. The molecule has 0 atom stereocenters. The van der Waals surface area contributed by atoms with Crippen LogP contribution in [0.1, 0.15) is 11.1 Å². The Morgan fingerprint density at radius 3 is 2.00 bits per heavy atom. The maximum atomic E-state index is 13.5. The Bertz CT molecular complexity index is 939. The summed E-state index contributed by atoms with van der Waals surface area (Å²) in [7, 11) is 0. The Morgan fingerprint density at radius 2 is 1.48 bits per heavy atom. The molecule has 148 valence electrons. The van der Waals surface area contributed by atoms with Crippen LogP contribution in [0.3, 0.4) is 0 Å². The van der Waals surface area contributed by atoms with Crippen LogP contribution in [0.4, 0.5) is 10.1 Å². The third kappa shape index (κ3) is 5.62. The molecule has 7 heteroatoms. The van der Waals surface area contributed by atoms with Crippen LogP contribution < -0.4 is 4.74 Å². The number of carbonyl (C=O) groups is 1. The molecule has 0 fully saturated rings. The first-order valence-corrected chi connectivity index (χ1v) is 8.95. The summed E-state index contributed by atoms with van der Waals surface area (Å²) >= 11 is 0. The van der Waals surface area contributed by atoms with Crippen LogP contribution in [0.25, 0.3) is 0 Å². The van der Waals surface area contributed by atoms with Gasteiger partial charge in [-0.2, -0.15) is 0 Å². The van der Waals surface area contributed by atoms with Gasteiger partial charge in [-0.05, 0) is 17.2 Å². The molecule has 1 amide bonds. The van der Waals surface area contributed by atoms with E-state index in [1.54, 1.807) is 4.90 Å². The smallest absolute Gasteiger partial charge is 0.311 e. The highest BCUT2D eigenvalue weighted by atomic mass is 19.1. The molecule has 0 radical (unpaired) electrons. The summed E-state index contributed by atoms with van der Waals surface area (Å²) in [5, 5.41) is 11.1. The zero-order valence-corrected chi connectivity index (χ0v) is 15.5. The van der Waals surface area contributed by atoms with Gasteiger partial charge < -0.3 is 9.64 Å². The van der Waals surface area contributed by atoms with E-state index in [1.807, 2.05) is 60.7 Å². The van der Waals surface area contributed by atoms with Crippen molar-refractivity contribution in [3.8, 4) is 5.75 Å². The molecule has 3 rings (SSSR count). The highest BCUT2D eigenvalue weighted by Crippen LogP contribution is 2.27. The van der Waals surface area contributed by atoms with Crippen LogP contribution in [-0.2, 0) is 17.9 Å². The Hall–Kier alpha value is -3.74. The van der Waals surface area contributed by atoms with Gasteiger partial charge in [-0.15, -0.1) is 0 Å². The molecule has 0 aliphatic carbocycles. The molecule has 29 heavy (non-hydrogen) atoms. The molecule has 0 saturated heterocycles. The summed E-state index contributed by atoms with van der Waals surface area (Å²) in [4.78, 5) is 24.8. The first-order chi connectivity index (χ1) is 14.0. The lowest BCUT2D eigenvalue weighted by molar-refractivity contribution is -0.385. The lowest BCUT2D eigenvalue weighted by Gasteiger charge is -2.23. The number of nitrogens with zero attached hydrogens (tertiary/aromatic N) is 2. The standard InChI is InChI=1S/C22H19FN2O4/c23-19-11-12-20(25(27)28)21(13-19)29-16-22(26)24(14-17-7-3-1-4-8-17)15-18-9-5-2-6-10-18/h1-13H,14-16H2. The van der Waals surface area contributed by atoms with Crippen LogP contribution in [0.5, 0.6) is 5.75 Å². The number of benzene rings is 3. The molecular formula is C22H19FN2O4. The summed E-state index contributed by atoms with van der Waals surface area (Å²) in [6, 6.07) is 21.8. The topological polar surface area (TPSA) is 72.7 Å². The van der Waals surface area contributed by atoms with Crippen LogP contribution in [0.2, 0.25) is 0 Å². The van der Waals surface area contributed by atoms with Crippen molar-refractivity contribution in [1.29, 1.82) is 0 Å². The van der Waals surface area contributed by atoms with E-state index >= 15 is 0 Å². The fourth-order valence-electron chi connectivity index (χ4n) is 2.83. The number of hydrogen-bond donors (Lipinski definition) is 0. The number of ether oxygens (including phenoxy) is 1. The first kappa shape index (κ1) is 20.0. The molecule has 0 unspecified atom stereocenters. The van der Waals surface area contributed by atoms with Gasteiger partial charge in [-0.1, -0.05) is 60.7 Å². The van der Waals surface area contributed by atoms with Crippen molar-refractivity contribution in [2.75, 3.05) is 6.61 Å². The number of halogens is 1. The molecule has 0 spiro atoms. The normalized spacial score (nSPS) is 10.4. The van der Waals surface area contributed by atoms with E-state index in [0.29, 0.717) is 13.1 Å². The summed E-state index contributed by atoms with van der Waals surface area (Å²) in [5.41, 5.74) is 1.49. The predicted molar refractivity (Wildman–Crippen MR) is 106 cm³/mol. The van der Waals surface area contributed by atoms with Crippen LogP contribution in [0.15, 0.2) is 78.9 Å². The van der Waals surface area contributed by atoms with E-state index in [4.69, 9.17) is 4.74 Å². The molecule has 0 aliphatic rings.